The largest absolute Gasteiger partial charge is 0.496 e. The lowest BCUT2D eigenvalue weighted by molar-refractivity contribution is 0.104. The number of ketones is 1. The van der Waals surface area contributed by atoms with Gasteiger partial charge in [0.25, 0.3) is 0 Å². The monoisotopic (exact) mass is 390 g/mol. The molecular formula is C19H18O7S. The van der Waals surface area contributed by atoms with Crippen LogP contribution >= 0.6 is 0 Å². The van der Waals surface area contributed by atoms with E-state index in [1.54, 1.807) is 24.3 Å². The van der Waals surface area contributed by atoms with Gasteiger partial charge in [0.05, 0.1) is 26.9 Å². The zero-order valence-corrected chi connectivity index (χ0v) is 15.8. The van der Waals surface area contributed by atoms with E-state index in [1.165, 1.54) is 39.5 Å². The van der Waals surface area contributed by atoms with E-state index in [0.717, 1.165) is 5.56 Å². The standard InChI is InChI=1S/C19H18O7S/c1-23-15-7-5-12(8-17(15)25-3)4-6-14(20)13-9-19-18(10-16(13)24-2)26-11-27(19,21)22/h4-10H,11H2,1-3H3/b6-4+. The number of fused-ring (bicyclic) bond motifs is 1. The van der Waals surface area contributed by atoms with Crippen LogP contribution in [0.15, 0.2) is 41.3 Å². The van der Waals surface area contributed by atoms with Gasteiger partial charge >= 0.3 is 0 Å². The molecule has 2 aromatic carbocycles. The van der Waals surface area contributed by atoms with E-state index in [1.807, 2.05) is 0 Å². The highest BCUT2D eigenvalue weighted by Gasteiger charge is 2.30. The van der Waals surface area contributed by atoms with Crippen molar-refractivity contribution in [3.8, 4) is 23.0 Å². The van der Waals surface area contributed by atoms with Crippen LogP contribution in [0.5, 0.6) is 23.0 Å². The number of methoxy groups -OCH3 is 3. The Kier molecular flexibility index (Phi) is 5.09. The van der Waals surface area contributed by atoms with E-state index < -0.39 is 21.6 Å². The molecule has 27 heavy (non-hydrogen) atoms. The van der Waals surface area contributed by atoms with Gasteiger partial charge in [-0.3, -0.25) is 4.79 Å². The molecular weight excluding hydrogens is 372 g/mol. The SMILES string of the molecule is COc1ccc(/C=C/C(=O)c2cc3c(cc2OC)OCS3(=O)=O)cc1OC. The van der Waals surface area contributed by atoms with Crippen molar-refractivity contribution in [3.63, 3.8) is 0 Å². The minimum atomic E-state index is -3.55. The van der Waals surface area contributed by atoms with Crippen LogP contribution in [0.2, 0.25) is 0 Å². The molecule has 0 bridgehead atoms. The smallest absolute Gasteiger partial charge is 0.216 e. The molecule has 0 saturated heterocycles. The van der Waals surface area contributed by atoms with Crippen LogP contribution in [0.25, 0.3) is 6.08 Å². The van der Waals surface area contributed by atoms with Crippen molar-refractivity contribution in [2.24, 2.45) is 0 Å². The van der Waals surface area contributed by atoms with Crippen LogP contribution in [0, 0.1) is 0 Å². The summed E-state index contributed by atoms with van der Waals surface area (Å²) in [6.07, 6.45) is 2.94. The molecule has 2 aromatic rings. The van der Waals surface area contributed by atoms with Gasteiger partial charge < -0.3 is 18.9 Å². The summed E-state index contributed by atoms with van der Waals surface area (Å²) in [7, 11) is 0.907. The van der Waals surface area contributed by atoms with Crippen LogP contribution in [-0.2, 0) is 9.84 Å². The van der Waals surface area contributed by atoms with Crippen molar-refractivity contribution >= 4 is 21.7 Å². The Morgan fingerprint density at radius 2 is 1.70 bits per heavy atom. The molecule has 142 valence electrons. The Balaban J connectivity index is 1.94. The molecule has 0 aromatic heterocycles. The highest BCUT2D eigenvalue weighted by Crippen LogP contribution is 2.37. The lowest BCUT2D eigenvalue weighted by Crippen LogP contribution is -2.03. The third kappa shape index (κ3) is 3.61. The second kappa shape index (κ2) is 7.32. The molecule has 0 radical (unpaired) electrons. The van der Waals surface area contributed by atoms with E-state index in [-0.39, 0.29) is 22.0 Å². The van der Waals surface area contributed by atoms with E-state index in [4.69, 9.17) is 18.9 Å². The first-order chi connectivity index (χ1) is 12.9. The van der Waals surface area contributed by atoms with Crippen molar-refractivity contribution < 1.29 is 32.2 Å². The number of hydrogen-bond donors (Lipinski definition) is 0. The van der Waals surface area contributed by atoms with Crippen LogP contribution in [0.4, 0.5) is 0 Å². The van der Waals surface area contributed by atoms with Crippen molar-refractivity contribution in [1.82, 2.24) is 0 Å². The fourth-order valence-corrected chi connectivity index (χ4v) is 3.81. The predicted octanol–water partition coefficient (Wildman–Crippen LogP) is 2.73. The molecule has 1 heterocycles. The number of carbonyl (C=O) groups is 1. The van der Waals surface area contributed by atoms with E-state index in [0.29, 0.717) is 11.5 Å². The van der Waals surface area contributed by atoms with Crippen molar-refractivity contribution in [2.75, 3.05) is 27.3 Å². The number of allylic oxidation sites excluding steroid dienone is 1. The van der Waals surface area contributed by atoms with Crippen LogP contribution in [-0.4, -0.2) is 41.5 Å². The first kappa shape index (κ1) is 18.8. The number of hydrogen-bond acceptors (Lipinski definition) is 7. The van der Waals surface area contributed by atoms with Gasteiger partial charge in [0, 0.05) is 6.07 Å². The Labute approximate surface area is 157 Å². The molecule has 0 N–H and O–H groups in total. The summed E-state index contributed by atoms with van der Waals surface area (Å²) in [5, 5.41) is 0. The third-order valence-electron chi connectivity index (χ3n) is 4.07. The van der Waals surface area contributed by atoms with Gasteiger partial charge in [-0.1, -0.05) is 12.1 Å². The van der Waals surface area contributed by atoms with Gasteiger partial charge in [-0.05, 0) is 29.8 Å². The number of rotatable bonds is 6. The van der Waals surface area contributed by atoms with Gasteiger partial charge in [-0.25, -0.2) is 8.42 Å². The lowest BCUT2D eigenvalue weighted by Gasteiger charge is -2.08. The Hall–Kier alpha value is -3.00. The molecule has 0 saturated carbocycles. The fraction of sp³-hybridized carbons (Fsp3) is 0.211. The summed E-state index contributed by atoms with van der Waals surface area (Å²) in [6, 6.07) is 7.92. The molecule has 7 nitrogen and oxygen atoms in total. The molecule has 8 heteroatoms. The average Bonchev–Trinajstić information content (AvgIpc) is 2.98. The maximum absolute atomic E-state index is 12.6. The van der Waals surface area contributed by atoms with Gasteiger partial charge in [0.1, 0.15) is 16.4 Å². The van der Waals surface area contributed by atoms with Crippen LogP contribution < -0.4 is 18.9 Å². The minimum absolute atomic E-state index is 0.00818. The van der Waals surface area contributed by atoms with Gasteiger partial charge in [0.15, 0.2) is 23.2 Å². The molecule has 3 rings (SSSR count). The second-order valence-electron chi connectivity index (χ2n) is 5.69. The Morgan fingerprint density at radius 3 is 2.37 bits per heavy atom. The summed E-state index contributed by atoms with van der Waals surface area (Å²) in [4.78, 5) is 12.6. The Morgan fingerprint density at radius 1 is 1.00 bits per heavy atom. The number of ether oxygens (including phenoxy) is 4. The Bertz CT molecular complexity index is 1020. The highest BCUT2D eigenvalue weighted by atomic mass is 32.2. The molecule has 0 amide bonds. The zero-order chi connectivity index (χ0) is 19.6. The van der Waals surface area contributed by atoms with Gasteiger partial charge in [-0.2, -0.15) is 0 Å². The summed E-state index contributed by atoms with van der Waals surface area (Å²) >= 11 is 0. The number of benzene rings is 2. The summed E-state index contributed by atoms with van der Waals surface area (Å²) in [5.74, 6) is 0.702. The number of sulfone groups is 1. The first-order valence-corrected chi connectivity index (χ1v) is 9.57. The second-order valence-corrected chi connectivity index (χ2v) is 7.59. The van der Waals surface area contributed by atoms with Gasteiger partial charge in [-0.15, -0.1) is 0 Å². The number of carbonyl (C=O) groups excluding carboxylic acids is 1. The molecule has 0 spiro atoms. The zero-order valence-electron chi connectivity index (χ0n) is 15.0. The normalized spacial score (nSPS) is 14.5. The van der Waals surface area contributed by atoms with Crippen molar-refractivity contribution in [1.29, 1.82) is 0 Å². The summed E-state index contributed by atoms with van der Waals surface area (Å²) in [6.45, 7) is 0. The lowest BCUT2D eigenvalue weighted by atomic mass is 10.1. The van der Waals surface area contributed by atoms with Crippen molar-refractivity contribution in [2.45, 2.75) is 4.90 Å². The maximum Gasteiger partial charge on any atom is 0.216 e. The predicted molar refractivity (Wildman–Crippen MR) is 98.6 cm³/mol. The highest BCUT2D eigenvalue weighted by molar-refractivity contribution is 7.91. The maximum atomic E-state index is 12.6. The van der Waals surface area contributed by atoms with Crippen LogP contribution in [0.3, 0.4) is 0 Å². The molecule has 0 aliphatic carbocycles. The quantitative estimate of drug-likeness (QED) is 0.553. The van der Waals surface area contributed by atoms with Crippen molar-refractivity contribution in [3.05, 3.63) is 47.5 Å². The summed E-state index contributed by atoms with van der Waals surface area (Å²) in [5.41, 5.74) is 0.860. The topological polar surface area (TPSA) is 88.1 Å². The minimum Gasteiger partial charge on any atom is -0.496 e. The van der Waals surface area contributed by atoms with E-state index >= 15 is 0 Å². The summed E-state index contributed by atoms with van der Waals surface area (Å²) < 4.78 is 44.8. The average molecular weight is 390 g/mol. The molecule has 0 unspecified atom stereocenters. The molecule has 1 aliphatic heterocycles. The molecule has 0 atom stereocenters. The van der Waals surface area contributed by atoms with E-state index in [2.05, 4.69) is 0 Å². The van der Waals surface area contributed by atoms with Gasteiger partial charge in [0.2, 0.25) is 9.84 Å². The van der Waals surface area contributed by atoms with E-state index in [9.17, 15) is 13.2 Å². The fourth-order valence-electron chi connectivity index (χ4n) is 2.68. The first-order valence-electron chi connectivity index (χ1n) is 7.91. The molecule has 1 aliphatic rings. The van der Waals surface area contributed by atoms with Crippen LogP contribution in [0.1, 0.15) is 15.9 Å². The third-order valence-corrected chi connectivity index (χ3v) is 5.49. The molecule has 0 fully saturated rings.